The molecule has 0 aliphatic carbocycles. The highest BCUT2D eigenvalue weighted by molar-refractivity contribution is 5.76. The molecule has 0 radical (unpaired) electrons. The lowest BCUT2D eigenvalue weighted by molar-refractivity contribution is -0.132. The summed E-state index contributed by atoms with van der Waals surface area (Å²) in [5.41, 5.74) is 0. The van der Waals surface area contributed by atoms with E-state index in [0.717, 1.165) is 32.2 Å². The van der Waals surface area contributed by atoms with Crippen LogP contribution in [0.1, 0.15) is 78.1 Å². The maximum atomic E-state index is 12.2. The molecule has 1 heterocycles. The van der Waals surface area contributed by atoms with E-state index in [1.54, 1.807) is 0 Å². The van der Waals surface area contributed by atoms with Crippen LogP contribution in [0, 0.1) is 0 Å². The lowest BCUT2D eigenvalue weighted by Gasteiger charge is -2.25. The summed E-state index contributed by atoms with van der Waals surface area (Å²) in [4.78, 5) is 14.2. The monoisotopic (exact) mass is 269 g/mol. The van der Waals surface area contributed by atoms with E-state index in [-0.39, 0.29) is 12.1 Å². The van der Waals surface area contributed by atoms with E-state index < -0.39 is 0 Å². The summed E-state index contributed by atoms with van der Waals surface area (Å²) in [7, 11) is 0. The van der Waals surface area contributed by atoms with E-state index in [4.69, 9.17) is 0 Å². The van der Waals surface area contributed by atoms with Gasteiger partial charge in [-0.15, -0.1) is 0 Å². The molecule has 1 aliphatic rings. The average Bonchev–Trinajstić information content (AvgIpc) is 2.80. The molecule has 1 amide bonds. The molecule has 0 spiro atoms. The normalized spacial score (nSPS) is 20.8. The summed E-state index contributed by atoms with van der Waals surface area (Å²) >= 11 is 0. The van der Waals surface area contributed by atoms with Gasteiger partial charge >= 0.3 is 0 Å². The van der Waals surface area contributed by atoms with Gasteiger partial charge in [-0.05, 0) is 32.6 Å². The van der Waals surface area contributed by atoms with Crippen LogP contribution in [0.25, 0.3) is 0 Å². The van der Waals surface area contributed by atoms with Crippen LogP contribution >= 0.6 is 0 Å². The number of hydrogen-bond acceptors (Lipinski definition) is 2. The van der Waals surface area contributed by atoms with E-state index in [2.05, 4.69) is 6.92 Å². The molecule has 1 saturated heterocycles. The Balaban J connectivity index is 2.17. The van der Waals surface area contributed by atoms with Crippen LogP contribution in [-0.2, 0) is 4.79 Å². The molecular weight excluding hydrogens is 238 g/mol. The van der Waals surface area contributed by atoms with E-state index in [1.165, 1.54) is 32.1 Å². The lowest BCUT2D eigenvalue weighted by atomic mass is 10.1. The highest BCUT2D eigenvalue weighted by atomic mass is 16.3. The summed E-state index contributed by atoms with van der Waals surface area (Å²) in [6.07, 6.45) is 10.7. The molecular formula is C16H31NO2. The smallest absolute Gasteiger partial charge is 0.222 e. The van der Waals surface area contributed by atoms with Crippen LogP contribution < -0.4 is 0 Å². The van der Waals surface area contributed by atoms with Crippen LogP contribution in [-0.4, -0.2) is 34.6 Å². The fraction of sp³-hybridized carbons (Fsp3) is 0.938. The van der Waals surface area contributed by atoms with Crippen LogP contribution in [0.3, 0.4) is 0 Å². The number of aliphatic hydroxyl groups is 1. The molecule has 0 saturated carbocycles. The molecule has 112 valence electrons. The largest absolute Gasteiger partial charge is 0.393 e. The van der Waals surface area contributed by atoms with Crippen molar-refractivity contribution in [2.75, 3.05) is 6.54 Å². The third-order valence-corrected chi connectivity index (χ3v) is 4.05. The number of nitrogens with zero attached hydrogens (tertiary/aromatic N) is 1. The van der Waals surface area contributed by atoms with Crippen molar-refractivity contribution >= 4 is 5.91 Å². The molecule has 1 rings (SSSR count). The van der Waals surface area contributed by atoms with Gasteiger partial charge in [-0.25, -0.2) is 0 Å². The molecule has 1 N–H and O–H groups in total. The van der Waals surface area contributed by atoms with Crippen LogP contribution in [0.2, 0.25) is 0 Å². The first-order chi connectivity index (χ1) is 9.15. The SMILES string of the molecule is CCCCCCCCC(=O)N1CCCC1CC(C)O. The molecule has 0 aromatic carbocycles. The predicted octanol–water partition coefficient (Wildman–Crippen LogP) is 3.50. The van der Waals surface area contributed by atoms with Gasteiger partial charge in [0.2, 0.25) is 5.91 Å². The third-order valence-electron chi connectivity index (χ3n) is 4.05. The summed E-state index contributed by atoms with van der Waals surface area (Å²) in [6.45, 7) is 4.93. The minimum atomic E-state index is -0.299. The Kier molecular flexibility index (Phi) is 8.11. The second kappa shape index (κ2) is 9.35. The molecule has 3 heteroatoms. The Hall–Kier alpha value is -0.570. The maximum absolute atomic E-state index is 12.2. The van der Waals surface area contributed by atoms with Gasteiger partial charge in [0.1, 0.15) is 0 Å². The summed E-state index contributed by atoms with van der Waals surface area (Å²) < 4.78 is 0. The Morgan fingerprint density at radius 1 is 1.26 bits per heavy atom. The van der Waals surface area contributed by atoms with Gasteiger partial charge in [-0.2, -0.15) is 0 Å². The first-order valence-electron chi connectivity index (χ1n) is 8.12. The number of rotatable bonds is 9. The molecule has 3 nitrogen and oxygen atoms in total. The Morgan fingerprint density at radius 2 is 1.95 bits per heavy atom. The number of likely N-dealkylation sites (tertiary alicyclic amines) is 1. The number of unbranched alkanes of at least 4 members (excludes halogenated alkanes) is 5. The Bertz CT molecular complexity index is 253. The Labute approximate surface area is 118 Å². The molecule has 0 aromatic rings. The van der Waals surface area contributed by atoms with Crippen molar-refractivity contribution in [2.24, 2.45) is 0 Å². The van der Waals surface area contributed by atoms with Crippen molar-refractivity contribution in [1.29, 1.82) is 0 Å². The average molecular weight is 269 g/mol. The zero-order chi connectivity index (χ0) is 14.1. The molecule has 1 aliphatic heterocycles. The highest BCUT2D eigenvalue weighted by Crippen LogP contribution is 2.23. The predicted molar refractivity (Wildman–Crippen MR) is 79.0 cm³/mol. The maximum Gasteiger partial charge on any atom is 0.222 e. The number of carbonyl (C=O) groups is 1. The summed E-state index contributed by atoms with van der Waals surface area (Å²) in [6, 6.07) is 0.285. The van der Waals surface area contributed by atoms with Gasteiger partial charge in [0.15, 0.2) is 0 Å². The fourth-order valence-electron chi connectivity index (χ4n) is 3.00. The van der Waals surface area contributed by atoms with Gasteiger partial charge in [0, 0.05) is 19.0 Å². The zero-order valence-corrected chi connectivity index (χ0v) is 12.7. The number of hydrogen-bond donors (Lipinski definition) is 1. The van der Waals surface area contributed by atoms with E-state index >= 15 is 0 Å². The number of amides is 1. The fourth-order valence-corrected chi connectivity index (χ4v) is 3.00. The second-order valence-corrected chi connectivity index (χ2v) is 5.99. The van der Waals surface area contributed by atoms with E-state index in [0.29, 0.717) is 12.3 Å². The zero-order valence-electron chi connectivity index (χ0n) is 12.7. The van der Waals surface area contributed by atoms with Crippen LogP contribution in [0.4, 0.5) is 0 Å². The molecule has 0 aromatic heterocycles. The summed E-state index contributed by atoms with van der Waals surface area (Å²) in [5.74, 6) is 0.304. The quantitative estimate of drug-likeness (QED) is 0.651. The van der Waals surface area contributed by atoms with Gasteiger partial charge < -0.3 is 10.0 Å². The standard InChI is InChI=1S/C16H31NO2/c1-3-4-5-6-7-8-11-16(19)17-12-9-10-15(17)13-14(2)18/h14-15,18H,3-13H2,1-2H3. The second-order valence-electron chi connectivity index (χ2n) is 5.99. The van der Waals surface area contributed by atoms with Crippen molar-refractivity contribution in [3.05, 3.63) is 0 Å². The van der Waals surface area contributed by atoms with Crippen LogP contribution in [0.5, 0.6) is 0 Å². The highest BCUT2D eigenvalue weighted by Gasteiger charge is 2.28. The van der Waals surface area contributed by atoms with E-state index in [1.807, 2.05) is 11.8 Å². The number of carbonyl (C=O) groups excluding carboxylic acids is 1. The van der Waals surface area contributed by atoms with Gasteiger partial charge in [-0.3, -0.25) is 4.79 Å². The van der Waals surface area contributed by atoms with E-state index in [9.17, 15) is 9.90 Å². The van der Waals surface area contributed by atoms with Crippen LogP contribution in [0.15, 0.2) is 0 Å². The van der Waals surface area contributed by atoms with Gasteiger partial charge in [0.05, 0.1) is 6.10 Å². The third kappa shape index (κ3) is 6.42. The molecule has 1 fully saturated rings. The molecule has 0 bridgehead atoms. The molecule has 2 atom stereocenters. The van der Waals surface area contributed by atoms with Crippen molar-refractivity contribution < 1.29 is 9.90 Å². The topological polar surface area (TPSA) is 40.5 Å². The molecule has 2 unspecified atom stereocenters. The van der Waals surface area contributed by atoms with Crippen molar-refractivity contribution in [2.45, 2.75) is 90.2 Å². The first kappa shape index (κ1) is 16.5. The molecule has 19 heavy (non-hydrogen) atoms. The lowest BCUT2D eigenvalue weighted by Crippen LogP contribution is -2.37. The number of aliphatic hydroxyl groups excluding tert-OH is 1. The summed E-state index contributed by atoms with van der Waals surface area (Å²) in [5, 5.41) is 9.47. The minimum Gasteiger partial charge on any atom is -0.393 e. The van der Waals surface area contributed by atoms with Gasteiger partial charge in [0.25, 0.3) is 0 Å². The van der Waals surface area contributed by atoms with Crippen molar-refractivity contribution in [3.63, 3.8) is 0 Å². The minimum absolute atomic E-state index is 0.285. The Morgan fingerprint density at radius 3 is 2.63 bits per heavy atom. The first-order valence-corrected chi connectivity index (χ1v) is 8.12. The van der Waals surface area contributed by atoms with Crippen molar-refractivity contribution in [3.8, 4) is 0 Å². The van der Waals surface area contributed by atoms with Gasteiger partial charge in [-0.1, -0.05) is 39.0 Å². The van der Waals surface area contributed by atoms with Crippen molar-refractivity contribution in [1.82, 2.24) is 4.90 Å².